The van der Waals surface area contributed by atoms with Crippen molar-refractivity contribution >= 4 is 5.91 Å². The van der Waals surface area contributed by atoms with Gasteiger partial charge in [-0.3, -0.25) is 4.79 Å². The summed E-state index contributed by atoms with van der Waals surface area (Å²) in [4.78, 5) is 11.0. The molecule has 88 valence electrons. The first kappa shape index (κ1) is 12.4. The van der Waals surface area contributed by atoms with Crippen molar-refractivity contribution in [2.75, 3.05) is 13.7 Å². The van der Waals surface area contributed by atoms with E-state index in [1.807, 2.05) is 0 Å². The van der Waals surface area contributed by atoms with Gasteiger partial charge in [0.05, 0.1) is 13.7 Å². The van der Waals surface area contributed by atoms with Gasteiger partial charge in [-0.05, 0) is 24.1 Å². The third kappa shape index (κ3) is 3.15. The fourth-order valence-electron chi connectivity index (χ4n) is 1.20. The van der Waals surface area contributed by atoms with Gasteiger partial charge in [0.15, 0.2) is 11.5 Å². The molecule has 1 amide bonds. The summed E-state index contributed by atoms with van der Waals surface area (Å²) < 4.78 is 10.7. The molecule has 0 heterocycles. The molecule has 0 unspecified atom stereocenters. The van der Waals surface area contributed by atoms with E-state index in [1.54, 1.807) is 18.2 Å². The zero-order valence-corrected chi connectivity index (χ0v) is 9.82. The van der Waals surface area contributed by atoms with Crippen LogP contribution in [0.25, 0.3) is 0 Å². The highest BCUT2D eigenvalue weighted by atomic mass is 16.5. The first-order chi connectivity index (χ1) is 7.54. The van der Waals surface area contributed by atoms with Crippen LogP contribution in [-0.4, -0.2) is 19.6 Å². The molecule has 0 spiro atoms. The Morgan fingerprint density at radius 1 is 1.38 bits per heavy atom. The molecule has 0 aliphatic rings. The second kappa shape index (κ2) is 5.39. The molecule has 0 atom stereocenters. The molecule has 2 N–H and O–H groups in total. The maximum absolute atomic E-state index is 11.0. The lowest BCUT2D eigenvalue weighted by Gasteiger charge is -2.12. The molecule has 0 aromatic heterocycles. The van der Waals surface area contributed by atoms with Gasteiger partial charge in [0.1, 0.15) is 0 Å². The zero-order valence-electron chi connectivity index (χ0n) is 9.82. The van der Waals surface area contributed by atoms with E-state index in [9.17, 15) is 4.79 Å². The quantitative estimate of drug-likeness (QED) is 0.828. The predicted molar refractivity (Wildman–Crippen MR) is 61.8 cm³/mol. The van der Waals surface area contributed by atoms with Crippen molar-refractivity contribution in [2.24, 2.45) is 11.7 Å². The molecule has 0 aliphatic heterocycles. The SMILES string of the molecule is COc1cc(C(N)=O)ccc1OCC(C)C. The Bertz CT molecular complexity index is 375. The Morgan fingerprint density at radius 3 is 2.56 bits per heavy atom. The van der Waals surface area contributed by atoms with Crippen LogP contribution >= 0.6 is 0 Å². The molecular formula is C12H17NO3. The van der Waals surface area contributed by atoms with Crippen molar-refractivity contribution in [2.45, 2.75) is 13.8 Å². The minimum atomic E-state index is -0.478. The molecule has 0 radical (unpaired) electrons. The lowest BCUT2D eigenvalue weighted by atomic mass is 10.2. The smallest absolute Gasteiger partial charge is 0.248 e. The lowest BCUT2D eigenvalue weighted by Crippen LogP contribution is -2.11. The first-order valence-corrected chi connectivity index (χ1v) is 5.15. The van der Waals surface area contributed by atoms with Crippen molar-refractivity contribution in [3.05, 3.63) is 23.8 Å². The van der Waals surface area contributed by atoms with E-state index < -0.39 is 5.91 Å². The van der Waals surface area contributed by atoms with Gasteiger partial charge in [-0.2, -0.15) is 0 Å². The normalized spacial score (nSPS) is 10.2. The third-order valence-corrected chi connectivity index (χ3v) is 2.02. The largest absolute Gasteiger partial charge is 0.493 e. The van der Waals surface area contributed by atoms with Gasteiger partial charge in [0.25, 0.3) is 0 Å². The number of carbonyl (C=O) groups excluding carboxylic acids is 1. The second-order valence-electron chi connectivity index (χ2n) is 3.93. The van der Waals surface area contributed by atoms with Gasteiger partial charge in [-0.15, -0.1) is 0 Å². The van der Waals surface area contributed by atoms with Crippen LogP contribution in [0.1, 0.15) is 24.2 Å². The number of carbonyl (C=O) groups is 1. The molecule has 1 rings (SSSR count). The summed E-state index contributed by atoms with van der Waals surface area (Å²) in [6.45, 7) is 4.72. The fraction of sp³-hybridized carbons (Fsp3) is 0.417. The molecule has 4 nitrogen and oxygen atoms in total. The summed E-state index contributed by atoms with van der Waals surface area (Å²) in [7, 11) is 1.53. The average Bonchev–Trinajstić information content (AvgIpc) is 2.25. The molecule has 0 aliphatic carbocycles. The topological polar surface area (TPSA) is 61.5 Å². The van der Waals surface area contributed by atoms with E-state index in [4.69, 9.17) is 15.2 Å². The van der Waals surface area contributed by atoms with E-state index in [0.29, 0.717) is 29.6 Å². The Labute approximate surface area is 95.3 Å². The van der Waals surface area contributed by atoms with Gasteiger partial charge < -0.3 is 15.2 Å². The maximum Gasteiger partial charge on any atom is 0.248 e. The average molecular weight is 223 g/mol. The highest BCUT2D eigenvalue weighted by molar-refractivity contribution is 5.93. The number of nitrogens with two attached hydrogens (primary N) is 1. The van der Waals surface area contributed by atoms with Crippen LogP contribution in [0.4, 0.5) is 0 Å². The lowest BCUT2D eigenvalue weighted by molar-refractivity contribution is 0.1000. The number of hydrogen-bond acceptors (Lipinski definition) is 3. The van der Waals surface area contributed by atoms with Crippen LogP contribution in [0.5, 0.6) is 11.5 Å². The van der Waals surface area contributed by atoms with Gasteiger partial charge in [-0.1, -0.05) is 13.8 Å². The molecule has 0 saturated heterocycles. The van der Waals surface area contributed by atoms with Crippen LogP contribution in [0.15, 0.2) is 18.2 Å². The number of methoxy groups -OCH3 is 1. The van der Waals surface area contributed by atoms with E-state index in [2.05, 4.69) is 13.8 Å². The van der Waals surface area contributed by atoms with Crippen LogP contribution in [0, 0.1) is 5.92 Å². The van der Waals surface area contributed by atoms with Crippen LogP contribution in [0.3, 0.4) is 0 Å². The molecule has 1 aromatic carbocycles. The number of benzene rings is 1. The van der Waals surface area contributed by atoms with Gasteiger partial charge in [0, 0.05) is 5.56 Å². The number of amides is 1. The minimum Gasteiger partial charge on any atom is -0.493 e. The summed E-state index contributed by atoms with van der Waals surface area (Å²) in [6.07, 6.45) is 0. The molecule has 16 heavy (non-hydrogen) atoms. The number of rotatable bonds is 5. The number of hydrogen-bond donors (Lipinski definition) is 1. The standard InChI is InChI=1S/C12H17NO3/c1-8(2)7-16-10-5-4-9(12(13)14)6-11(10)15-3/h4-6,8H,7H2,1-3H3,(H2,13,14). The molecular weight excluding hydrogens is 206 g/mol. The number of ether oxygens (including phenoxy) is 2. The Hall–Kier alpha value is -1.71. The first-order valence-electron chi connectivity index (χ1n) is 5.15. The fourth-order valence-corrected chi connectivity index (χ4v) is 1.20. The van der Waals surface area contributed by atoms with E-state index in [-0.39, 0.29) is 0 Å². The molecule has 0 saturated carbocycles. The Morgan fingerprint density at radius 2 is 2.06 bits per heavy atom. The van der Waals surface area contributed by atoms with Gasteiger partial charge in [-0.25, -0.2) is 0 Å². The number of primary amides is 1. The second-order valence-corrected chi connectivity index (χ2v) is 3.93. The highest BCUT2D eigenvalue weighted by Crippen LogP contribution is 2.28. The highest BCUT2D eigenvalue weighted by Gasteiger charge is 2.09. The predicted octanol–water partition coefficient (Wildman–Crippen LogP) is 1.83. The van der Waals surface area contributed by atoms with Crippen molar-refractivity contribution in [3.63, 3.8) is 0 Å². The molecule has 1 aromatic rings. The summed E-state index contributed by atoms with van der Waals surface area (Å²) >= 11 is 0. The third-order valence-electron chi connectivity index (χ3n) is 2.02. The van der Waals surface area contributed by atoms with Gasteiger partial charge in [0.2, 0.25) is 5.91 Å². The van der Waals surface area contributed by atoms with E-state index >= 15 is 0 Å². The molecule has 4 heteroatoms. The minimum absolute atomic E-state index is 0.411. The maximum atomic E-state index is 11.0. The summed E-state index contributed by atoms with van der Waals surface area (Å²) in [5.41, 5.74) is 5.59. The van der Waals surface area contributed by atoms with Crippen molar-refractivity contribution < 1.29 is 14.3 Å². The van der Waals surface area contributed by atoms with Crippen molar-refractivity contribution in [1.29, 1.82) is 0 Å². The monoisotopic (exact) mass is 223 g/mol. The van der Waals surface area contributed by atoms with Crippen LogP contribution in [-0.2, 0) is 0 Å². The van der Waals surface area contributed by atoms with E-state index in [1.165, 1.54) is 7.11 Å². The van der Waals surface area contributed by atoms with E-state index in [0.717, 1.165) is 0 Å². The zero-order chi connectivity index (χ0) is 12.1. The van der Waals surface area contributed by atoms with Gasteiger partial charge >= 0.3 is 0 Å². The van der Waals surface area contributed by atoms with Crippen molar-refractivity contribution in [3.8, 4) is 11.5 Å². The van der Waals surface area contributed by atoms with Crippen LogP contribution < -0.4 is 15.2 Å². The van der Waals surface area contributed by atoms with Crippen LogP contribution in [0.2, 0.25) is 0 Å². The molecule has 0 fully saturated rings. The summed E-state index contributed by atoms with van der Waals surface area (Å²) in [6, 6.07) is 4.90. The Balaban J connectivity index is 2.89. The molecule has 0 bridgehead atoms. The Kier molecular flexibility index (Phi) is 4.17. The summed E-state index contributed by atoms with van der Waals surface area (Å²) in [5.74, 6) is 1.10. The van der Waals surface area contributed by atoms with Crippen molar-refractivity contribution in [1.82, 2.24) is 0 Å². The summed E-state index contributed by atoms with van der Waals surface area (Å²) in [5, 5.41) is 0.